The number of amides is 2. The highest BCUT2D eigenvalue weighted by Gasteiger charge is 2.65. The lowest BCUT2D eigenvalue weighted by atomic mass is 9.73. The Morgan fingerprint density at radius 3 is 1.50 bits per heavy atom. The molecule has 0 saturated carbocycles. The highest BCUT2D eigenvalue weighted by Crippen LogP contribution is 2.57. The van der Waals surface area contributed by atoms with Crippen molar-refractivity contribution in [1.29, 1.82) is 0 Å². The van der Waals surface area contributed by atoms with E-state index in [-0.39, 0.29) is 23.3 Å². The van der Waals surface area contributed by atoms with Crippen LogP contribution in [0.25, 0.3) is 11.1 Å². The number of benzene rings is 3. The van der Waals surface area contributed by atoms with Gasteiger partial charge in [0, 0.05) is 0 Å². The number of imide groups is 1. The van der Waals surface area contributed by atoms with Crippen molar-refractivity contribution >= 4 is 28.6 Å². The minimum absolute atomic E-state index is 0.143. The number of rotatable bonds is 3. The molecule has 6 nitrogen and oxygen atoms in total. The van der Waals surface area contributed by atoms with Gasteiger partial charge >= 0.3 is 0 Å². The molecular weight excluding hydrogens is 406 g/mol. The van der Waals surface area contributed by atoms with Gasteiger partial charge in [-0.2, -0.15) is 0 Å². The normalized spacial score (nSPS) is 26.2. The van der Waals surface area contributed by atoms with Crippen molar-refractivity contribution in [3.63, 3.8) is 0 Å². The molecule has 6 rings (SSSR count). The lowest BCUT2D eigenvalue weighted by molar-refractivity contribution is -0.124. The Labute approximate surface area is 184 Å². The molecule has 3 aliphatic rings. The van der Waals surface area contributed by atoms with Crippen molar-refractivity contribution in [2.45, 2.75) is 12.2 Å². The fourth-order valence-electron chi connectivity index (χ4n) is 5.23. The molecule has 0 unspecified atom stereocenters. The molecule has 4 atom stereocenters. The third-order valence-corrected chi connectivity index (χ3v) is 6.57. The standard InChI is InChI=1S/C26H19NO5/c28-17-10-6-14(7-11-17)19-20(15-8-12-18(29)13-9-15)24-22-21(23(19)32-24)25(30)27(26(22)31)16-4-2-1-3-5-16/h1-13,21-24,28-29H/t21-,22+,23+,24-. The summed E-state index contributed by atoms with van der Waals surface area (Å²) in [5.41, 5.74) is 3.91. The van der Waals surface area contributed by atoms with Gasteiger partial charge in [-0.3, -0.25) is 9.59 Å². The van der Waals surface area contributed by atoms with E-state index in [4.69, 9.17) is 4.74 Å². The molecule has 3 aromatic rings. The van der Waals surface area contributed by atoms with Gasteiger partial charge in [0.1, 0.15) is 11.5 Å². The molecule has 0 radical (unpaired) electrons. The minimum Gasteiger partial charge on any atom is -0.508 e. The van der Waals surface area contributed by atoms with Gasteiger partial charge in [0.15, 0.2) is 0 Å². The molecule has 6 heteroatoms. The van der Waals surface area contributed by atoms with Crippen LogP contribution in [0.2, 0.25) is 0 Å². The van der Waals surface area contributed by atoms with Crippen LogP contribution in [0.15, 0.2) is 78.9 Å². The molecule has 2 amide bonds. The number of anilines is 1. The number of hydrogen-bond acceptors (Lipinski definition) is 5. The molecule has 3 heterocycles. The zero-order valence-electron chi connectivity index (χ0n) is 16.9. The van der Waals surface area contributed by atoms with Crippen LogP contribution in [0.1, 0.15) is 11.1 Å². The summed E-state index contributed by atoms with van der Waals surface area (Å²) in [5, 5.41) is 19.5. The SMILES string of the molecule is O=C1[C@@H]2[C@H](C(=O)N1c1ccccc1)[C@@H]1O[C@H]2C(c2ccc(O)cc2)=C1c1ccc(O)cc1. The molecule has 3 aliphatic heterocycles. The predicted molar refractivity (Wildman–Crippen MR) is 118 cm³/mol. The fourth-order valence-corrected chi connectivity index (χ4v) is 5.23. The Kier molecular flexibility index (Phi) is 4.00. The van der Waals surface area contributed by atoms with Gasteiger partial charge in [-0.05, 0) is 58.7 Å². The average Bonchev–Trinajstić information content (AvgIpc) is 3.45. The van der Waals surface area contributed by atoms with Crippen molar-refractivity contribution in [2.75, 3.05) is 4.90 Å². The summed E-state index contributed by atoms with van der Waals surface area (Å²) >= 11 is 0. The summed E-state index contributed by atoms with van der Waals surface area (Å²) in [6.45, 7) is 0. The van der Waals surface area contributed by atoms with Gasteiger partial charge in [-0.15, -0.1) is 0 Å². The second kappa shape index (κ2) is 6.80. The van der Waals surface area contributed by atoms with Crippen molar-refractivity contribution < 1.29 is 24.5 Å². The number of fused-ring (bicyclic) bond motifs is 5. The Morgan fingerprint density at radius 2 is 1.06 bits per heavy atom. The third-order valence-electron chi connectivity index (χ3n) is 6.57. The molecule has 3 aromatic carbocycles. The van der Waals surface area contributed by atoms with E-state index in [1.807, 2.05) is 6.07 Å². The van der Waals surface area contributed by atoms with Crippen molar-refractivity contribution in [2.24, 2.45) is 11.8 Å². The number of ether oxygens (including phenoxy) is 1. The molecule has 32 heavy (non-hydrogen) atoms. The molecule has 2 fully saturated rings. The fraction of sp³-hybridized carbons (Fsp3) is 0.154. The number of carbonyl (C=O) groups is 2. The average molecular weight is 425 g/mol. The second-order valence-corrected chi connectivity index (χ2v) is 8.30. The number of para-hydroxylation sites is 1. The van der Waals surface area contributed by atoms with Crippen LogP contribution in [0, 0.1) is 11.8 Å². The van der Waals surface area contributed by atoms with E-state index in [2.05, 4.69) is 0 Å². The number of phenolic OH excluding ortho intramolecular Hbond substituents is 2. The number of aromatic hydroxyl groups is 2. The molecular formula is C26H19NO5. The second-order valence-electron chi connectivity index (χ2n) is 8.30. The summed E-state index contributed by atoms with van der Waals surface area (Å²) in [4.78, 5) is 28.2. The van der Waals surface area contributed by atoms with Crippen LogP contribution in [0.4, 0.5) is 5.69 Å². The smallest absolute Gasteiger partial charge is 0.240 e. The van der Waals surface area contributed by atoms with Gasteiger partial charge < -0.3 is 14.9 Å². The van der Waals surface area contributed by atoms with Gasteiger partial charge in [-0.25, -0.2) is 4.90 Å². The van der Waals surface area contributed by atoms with Crippen LogP contribution in [-0.2, 0) is 14.3 Å². The molecule has 0 spiro atoms. The molecule has 0 aliphatic carbocycles. The highest BCUT2D eigenvalue weighted by atomic mass is 16.5. The lowest BCUT2D eigenvalue weighted by Crippen LogP contribution is -2.34. The maximum atomic E-state index is 13.4. The summed E-state index contributed by atoms with van der Waals surface area (Å²) in [6, 6.07) is 22.5. The Hall–Kier alpha value is -3.90. The van der Waals surface area contributed by atoms with Gasteiger partial charge in [0.05, 0.1) is 29.7 Å². The van der Waals surface area contributed by atoms with Crippen molar-refractivity contribution in [3.8, 4) is 11.5 Å². The Balaban J connectivity index is 1.50. The van der Waals surface area contributed by atoms with Crippen LogP contribution >= 0.6 is 0 Å². The van der Waals surface area contributed by atoms with E-state index in [1.165, 1.54) is 4.90 Å². The first kappa shape index (κ1) is 18.8. The van der Waals surface area contributed by atoms with E-state index in [0.717, 1.165) is 22.3 Å². The molecule has 2 N–H and O–H groups in total. The topological polar surface area (TPSA) is 87.1 Å². The number of nitrogens with zero attached hydrogens (tertiary/aromatic N) is 1. The Bertz CT molecular complexity index is 1180. The summed E-state index contributed by atoms with van der Waals surface area (Å²) in [5.74, 6) is -1.41. The predicted octanol–water partition coefficient (Wildman–Crippen LogP) is 3.60. The number of hydrogen-bond donors (Lipinski definition) is 2. The Morgan fingerprint density at radius 1 is 0.625 bits per heavy atom. The number of phenols is 2. The minimum atomic E-state index is -0.600. The van der Waals surface area contributed by atoms with E-state index in [0.29, 0.717) is 5.69 Å². The van der Waals surface area contributed by atoms with E-state index in [1.54, 1.807) is 72.8 Å². The van der Waals surface area contributed by atoms with Crippen LogP contribution in [0.5, 0.6) is 11.5 Å². The van der Waals surface area contributed by atoms with E-state index in [9.17, 15) is 19.8 Å². The largest absolute Gasteiger partial charge is 0.508 e. The summed E-state index contributed by atoms with van der Waals surface area (Å²) in [6.07, 6.45) is -1.13. The first-order chi connectivity index (χ1) is 15.5. The van der Waals surface area contributed by atoms with Crippen LogP contribution in [0.3, 0.4) is 0 Å². The zero-order valence-corrected chi connectivity index (χ0v) is 16.9. The number of carbonyl (C=O) groups excluding carboxylic acids is 2. The molecule has 2 saturated heterocycles. The highest BCUT2D eigenvalue weighted by molar-refractivity contribution is 6.25. The maximum Gasteiger partial charge on any atom is 0.240 e. The lowest BCUT2D eigenvalue weighted by Gasteiger charge is -2.24. The van der Waals surface area contributed by atoms with E-state index >= 15 is 0 Å². The third kappa shape index (κ3) is 2.56. The van der Waals surface area contributed by atoms with Crippen molar-refractivity contribution in [3.05, 3.63) is 90.0 Å². The maximum absolute atomic E-state index is 13.4. The van der Waals surface area contributed by atoms with Crippen LogP contribution < -0.4 is 4.90 Å². The van der Waals surface area contributed by atoms with Gasteiger partial charge in [-0.1, -0.05) is 42.5 Å². The molecule has 2 bridgehead atoms. The monoisotopic (exact) mass is 425 g/mol. The first-order valence-electron chi connectivity index (χ1n) is 10.5. The van der Waals surface area contributed by atoms with Crippen LogP contribution in [-0.4, -0.2) is 34.2 Å². The molecule has 158 valence electrons. The van der Waals surface area contributed by atoms with Gasteiger partial charge in [0.25, 0.3) is 0 Å². The summed E-state index contributed by atoms with van der Waals surface area (Å²) in [7, 11) is 0. The first-order valence-corrected chi connectivity index (χ1v) is 10.5. The summed E-state index contributed by atoms with van der Waals surface area (Å²) < 4.78 is 6.29. The quantitative estimate of drug-likeness (QED) is 0.627. The van der Waals surface area contributed by atoms with Crippen molar-refractivity contribution in [1.82, 2.24) is 0 Å². The van der Waals surface area contributed by atoms with Gasteiger partial charge in [0.2, 0.25) is 11.8 Å². The zero-order chi connectivity index (χ0) is 22.0. The van der Waals surface area contributed by atoms with E-state index < -0.39 is 24.0 Å². The molecule has 0 aromatic heterocycles.